The Balaban J connectivity index is 1.88. The highest BCUT2D eigenvalue weighted by Gasteiger charge is 2.21. The number of hydrogen-bond donors (Lipinski definition) is 1. The molecule has 3 rings (SSSR count). The summed E-state index contributed by atoms with van der Waals surface area (Å²) in [5.74, 6) is 0.941. The van der Waals surface area contributed by atoms with Gasteiger partial charge in [0.15, 0.2) is 6.10 Å². The van der Waals surface area contributed by atoms with Crippen molar-refractivity contribution in [3.05, 3.63) is 44.6 Å². The lowest BCUT2D eigenvalue weighted by Gasteiger charge is -2.26. The van der Waals surface area contributed by atoms with Crippen molar-refractivity contribution in [2.24, 2.45) is 0 Å². The van der Waals surface area contributed by atoms with Crippen LogP contribution >= 0.6 is 27.3 Å². The van der Waals surface area contributed by atoms with E-state index in [9.17, 15) is 0 Å². The normalized spacial score (nSPS) is 18.1. The molecule has 1 aromatic heterocycles. The standard InChI is InChI=1S/C13H12BrNOS/c1-8-2-3-11-10(4-8)15-6-12(16-11)13-5-9(14)7-17-13/h2-5,7,12,15H,6H2,1H3. The van der Waals surface area contributed by atoms with E-state index in [1.54, 1.807) is 11.3 Å². The molecule has 1 aromatic carbocycles. The van der Waals surface area contributed by atoms with Crippen molar-refractivity contribution in [3.63, 3.8) is 0 Å². The Labute approximate surface area is 113 Å². The fourth-order valence-electron chi connectivity index (χ4n) is 1.94. The molecule has 1 atom stereocenters. The largest absolute Gasteiger partial charge is 0.481 e. The Bertz CT molecular complexity index is 552. The Morgan fingerprint density at radius 3 is 3.06 bits per heavy atom. The summed E-state index contributed by atoms with van der Waals surface area (Å²) >= 11 is 5.20. The van der Waals surface area contributed by atoms with Crippen molar-refractivity contribution in [3.8, 4) is 5.75 Å². The quantitative estimate of drug-likeness (QED) is 0.845. The first kappa shape index (κ1) is 11.1. The van der Waals surface area contributed by atoms with Gasteiger partial charge in [-0.05, 0) is 46.6 Å². The molecule has 0 saturated heterocycles. The average molecular weight is 310 g/mol. The van der Waals surface area contributed by atoms with Crippen LogP contribution in [0.25, 0.3) is 0 Å². The number of rotatable bonds is 1. The molecule has 2 aromatic rings. The molecular weight excluding hydrogens is 298 g/mol. The number of benzene rings is 1. The zero-order valence-electron chi connectivity index (χ0n) is 9.37. The number of halogens is 1. The summed E-state index contributed by atoms with van der Waals surface area (Å²) < 4.78 is 7.13. The summed E-state index contributed by atoms with van der Waals surface area (Å²) in [5, 5.41) is 5.51. The van der Waals surface area contributed by atoms with Crippen molar-refractivity contribution >= 4 is 33.0 Å². The van der Waals surface area contributed by atoms with Crippen LogP contribution in [0.5, 0.6) is 5.75 Å². The highest BCUT2D eigenvalue weighted by molar-refractivity contribution is 9.10. The smallest absolute Gasteiger partial charge is 0.150 e. The SMILES string of the molecule is Cc1ccc2c(c1)NCC(c1cc(Br)cs1)O2. The van der Waals surface area contributed by atoms with Gasteiger partial charge in [-0.3, -0.25) is 0 Å². The summed E-state index contributed by atoms with van der Waals surface area (Å²) in [4.78, 5) is 1.25. The summed E-state index contributed by atoms with van der Waals surface area (Å²) in [5.41, 5.74) is 2.34. The molecule has 0 fully saturated rings. The van der Waals surface area contributed by atoms with Crippen molar-refractivity contribution in [1.82, 2.24) is 0 Å². The van der Waals surface area contributed by atoms with Crippen LogP contribution in [0.15, 0.2) is 34.1 Å². The number of hydrogen-bond acceptors (Lipinski definition) is 3. The van der Waals surface area contributed by atoms with Gasteiger partial charge >= 0.3 is 0 Å². The molecule has 0 bridgehead atoms. The molecule has 1 unspecified atom stereocenters. The lowest BCUT2D eigenvalue weighted by molar-refractivity contribution is 0.214. The molecule has 88 valence electrons. The first-order chi connectivity index (χ1) is 8.22. The van der Waals surface area contributed by atoms with Gasteiger partial charge < -0.3 is 10.1 Å². The third-order valence-corrected chi connectivity index (χ3v) is 4.57. The van der Waals surface area contributed by atoms with E-state index in [1.807, 2.05) is 6.07 Å². The number of anilines is 1. The van der Waals surface area contributed by atoms with E-state index in [-0.39, 0.29) is 6.10 Å². The van der Waals surface area contributed by atoms with Gasteiger partial charge in [-0.2, -0.15) is 0 Å². The predicted molar refractivity (Wildman–Crippen MR) is 75.1 cm³/mol. The van der Waals surface area contributed by atoms with Gasteiger partial charge in [0.1, 0.15) is 5.75 Å². The summed E-state index contributed by atoms with van der Waals surface area (Å²) in [6, 6.07) is 8.35. The zero-order chi connectivity index (χ0) is 11.8. The Hall–Kier alpha value is -1.000. The number of ether oxygens (including phenoxy) is 1. The van der Waals surface area contributed by atoms with Crippen LogP contribution in [0.1, 0.15) is 16.5 Å². The maximum Gasteiger partial charge on any atom is 0.150 e. The van der Waals surface area contributed by atoms with E-state index in [4.69, 9.17) is 4.74 Å². The van der Waals surface area contributed by atoms with E-state index in [0.29, 0.717) is 0 Å². The van der Waals surface area contributed by atoms with Gasteiger partial charge in [-0.1, -0.05) is 6.07 Å². The van der Waals surface area contributed by atoms with Crippen LogP contribution in [0.3, 0.4) is 0 Å². The lowest BCUT2D eigenvalue weighted by Crippen LogP contribution is -2.22. The molecule has 0 aliphatic carbocycles. The second-order valence-corrected chi connectivity index (χ2v) is 6.01. The van der Waals surface area contributed by atoms with Crippen LogP contribution in [0.2, 0.25) is 0 Å². The molecule has 1 aliphatic heterocycles. The van der Waals surface area contributed by atoms with Crippen LogP contribution < -0.4 is 10.1 Å². The van der Waals surface area contributed by atoms with Gasteiger partial charge in [-0.25, -0.2) is 0 Å². The molecule has 1 N–H and O–H groups in total. The molecule has 0 saturated carbocycles. The second-order valence-electron chi connectivity index (χ2n) is 4.15. The molecule has 17 heavy (non-hydrogen) atoms. The van der Waals surface area contributed by atoms with Crippen molar-refractivity contribution in [2.75, 3.05) is 11.9 Å². The summed E-state index contributed by atoms with van der Waals surface area (Å²) in [6.07, 6.45) is 0.113. The van der Waals surface area contributed by atoms with Crippen molar-refractivity contribution in [2.45, 2.75) is 13.0 Å². The fourth-order valence-corrected chi connectivity index (χ4v) is 3.41. The molecule has 2 nitrogen and oxygen atoms in total. The van der Waals surface area contributed by atoms with Crippen LogP contribution in [0, 0.1) is 6.92 Å². The van der Waals surface area contributed by atoms with Gasteiger partial charge in [0.05, 0.1) is 12.2 Å². The van der Waals surface area contributed by atoms with Crippen molar-refractivity contribution in [1.29, 1.82) is 0 Å². The first-order valence-electron chi connectivity index (χ1n) is 5.47. The Kier molecular flexibility index (Phi) is 2.84. The van der Waals surface area contributed by atoms with Gasteiger partial charge in [-0.15, -0.1) is 11.3 Å². The van der Waals surface area contributed by atoms with Crippen LogP contribution in [0.4, 0.5) is 5.69 Å². The highest BCUT2D eigenvalue weighted by Crippen LogP contribution is 2.37. The Morgan fingerprint density at radius 1 is 1.41 bits per heavy atom. The van der Waals surface area contributed by atoms with E-state index >= 15 is 0 Å². The van der Waals surface area contributed by atoms with E-state index < -0.39 is 0 Å². The minimum atomic E-state index is 0.113. The lowest BCUT2D eigenvalue weighted by atomic mass is 10.1. The highest BCUT2D eigenvalue weighted by atomic mass is 79.9. The topological polar surface area (TPSA) is 21.3 Å². The summed E-state index contributed by atoms with van der Waals surface area (Å²) in [7, 11) is 0. The minimum Gasteiger partial charge on any atom is -0.481 e. The molecule has 1 aliphatic rings. The molecule has 0 spiro atoms. The van der Waals surface area contributed by atoms with Crippen LogP contribution in [-0.4, -0.2) is 6.54 Å². The third kappa shape index (κ3) is 2.19. The number of thiophene rings is 1. The first-order valence-corrected chi connectivity index (χ1v) is 7.15. The molecule has 0 amide bonds. The molecule has 4 heteroatoms. The number of aryl methyl sites for hydroxylation is 1. The monoisotopic (exact) mass is 309 g/mol. The van der Waals surface area contributed by atoms with Crippen molar-refractivity contribution < 1.29 is 4.74 Å². The average Bonchev–Trinajstić information content (AvgIpc) is 2.75. The Morgan fingerprint density at radius 2 is 2.29 bits per heavy atom. The number of nitrogens with one attached hydrogen (secondary N) is 1. The third-order valence-electron chi connectivity index (χ3n) is 2.79. The van der Waals surface area contributed by atoms with Crippen LogP contribution in [-0.2, 0) is 0 Å². The second kappa shape index (κ2) is 4.35. The molecule has 2 heterocycles. The van der Waals surface area contributed by atoms with Gasteiger partial charge in [0.25, 0.3) is 0 Å². The zero-order valence-corrected chi connectivity index (χ0v) is 11.8. The minimum absolute atomic E-state index is 0.113. The van der Waals surface area contributed by atoms with Gasteiger partial charge in [0, 0.05) is 14.7 Å². The molecule has 0 radical (unpaired) electrons. The van der Waals surface area contributed by atoms with E-state index in [2.05, 4.69) is 51.7 Å². The van der Waals surface area contributed by atoms with Gasteiger partial charge in [0.2, 0.25) is 0 Å². The molecular formula is C13H12BrNOS. The summed E-state index contributed by atoms with van der Waals surface area (Å²) in [6.45, 7) is 2.91. The fraction of sp³-hybridized carbons (Fsp3) is 0.231. The number of fused-ring (bicyclic) bond motifs is 1. The van der Waals surface area contributed by atoms with E-state index in [0.717, 1.165) is 22.5 Å². The maximum atomic E-state index is 6.01. The maximum absolute atomic E-state index is 6.01. The van der Waals surface area contributed by atoms with E-state index in [1.165, 1.54) is 10.4 Å². The predicted octanol–water partition coefficient (Wildman–Crippen LogP) is 4.36.